The number of nitrogens with one attached hydrogen (secondary N) is 1. The van der Waals surface area contributed by atoms with Crippen LogP contribution in [0.25, 0.3) is 17.1 Å². The van der Waals surface area contributed by atoms with Gasteiger partial charge in [0, 0.05) is 18.3 Å². The number of hydrogen-bond acceptors (Lipinski definition) is 5. The number of carbonyl (C=O) groups excluding carboxylic acids is 1. The van der Waals surface area contributed by atoms with Crippen LogP contribution >= 0.6 is 11.8 Å². The Kier molecular flexibility index (Phi) is 6.52. The number of anilines is 1. The van der Waals surface area contributed by atoms with Gasteiger partial charge in [-0.2, -0.15) is 5.26 Å². The van der Waals surface area contributed by atoms with Crippen molar-refractivity contribution < 1.29 is 9.18 Å². The van der Waals surface area contributed by atoms with Gasteiger partial charge in [0.25, 0.3) is 0 Å². The third-order valence-electron chi connectivity index (χ3n) is 5.70. The molecule has 0 saturated heterocycles. The van der Waals surface area contributed by atoms with Gasteiger partial charge in [-0.1, -0.05) is 42.1 Å². The molecule has 0 aliphatic heterocycles. The standard InChI is InChI=1S/C25H23FN6OS/c1-15-8-5-6-11-20(15)24-29-30-25(31(24)4)34-14-22(33)28-23-21(13-27)16(2)17(3)32(23)19-10-7-9-18(26)12-19/h5-12H,14H2,1-4H3,(H,28,33). The van der Waals surface area contributed by atoms with E-state index in [2.05, 4.69) is 21.6 Å². The van der Waals surface area contributed by atoms with E-state index >= 15 is 0 Å². The molecule has 1 amide bonds. The number of nitrogens with zero attached hydrogens (tertiary/aromatic N) is 5. The quantitative estimate of drug-likeness (QED) is 0.400. The fourth-order valence-corrected chi connectivity index (χ4v) is 4.51. The van der Waals surface area contributed by atoms with Crippen molar-refractivity contribution in [3.05, 3.63) is 76.7 Å². The Morgan fingerprint density at radius 1 is 1.15 bits per heavy atom. The second kappa shape index (κ2) is 9.53. The maximum absolute atomic E-state index is 13.9. The molecule has 0 atom stereocenters. The van der Waals surface area contributed by atoms with Crippen LogP contribution in [0.4, 0.5) is 10.2 Å². The molecule has 0 spiro atoms. The van der Waals surface area contributed by atoms with E-state index in [1.807, 2.05) is 49.7 Å². The van der Waals surface area contributed by atoms with Crippen LogP contribution in [0.1, 0.15) is 22.4 Å². The van der Waals surface area contributed by atoms with E-state index in [1.165, 1.54) is 23.9 Å². The van der Waals surface area contributed by atoms with E-state index in [0.717, 1.165) is 28.2 Å². The Labute approximate surface area is 201 Å². The lowest BCUT2D eigenvalue weighted by molar-refractivity contribution is -0.113. The van der Waals surface area contributed by atoms with Crippen LogP contribution in [0.15, 0.2) is 53.7 Å². The predicted octanol–water partition coefficient (Wildman–Crippen LogP) is 4.94. The number of hydrogen-bond donors (Lipinski definition) is 1. The Balaban J connectivity index is 1.56. The molecule has 172 valence electrons. The first-order valence-electron chi connectivity index (χ1n) is 10.6. The molecule has 4 aromatic rings. The van der Waals surface area contributed by atoms with E-state index in [-0.39, 0.29) is 11.7 Å². The second-order valence-electron chi connectivity index (χ2n) is 7.88. The molecule has 9 heteroatoms. The lowest BCUT2D eigenvalue weighted by Crippen LogP contribution is -2.18. The highest BCUT2D eigenvalue weighted by molar-refractivity contribution is 7.99. The molecule has 2 aromatic heterocycles. The fraction of sp³-hybridized carbons (Fsp3) is 0.200. The SMILES string of the molecule is Cc1ccccc1-c1nnc(SCC(=O)Nc2c(C#N)c(C)c(C)n2-c2cccc(F)c2)n1C. The molecule has 2 heterocycles. The normalized spacial score (nSPS) is 10.8. The highest BCUT2D eigenvalue weighted by atomic mass is 32.2. The monoisotopic (exact) mass is 474 g/mol. The summed E-state index contributed by atoms with van der Waals surface area (Å²) in [4.78, 5) is 12.9. The summed E-state index contributed by atoms with van der Waals surface area (Å²) in [6.45, 7) is 5.65. The molecule has 34 heavy (non-hydrogen) atoms. The van der Waals surface area contributed by atoms with Crippen molar-refractivity contribution in [1.82, 2.24) is 19.3 Å². The molecule has 0 aliphatic rings. The summed E-state index contributed by atoms with van der Waals surface area (Å²) in [7, 11) is 1.86. The molecule has 0 radical (unpaired) electrons. The third kappa shape index (κ3) is 4.32. The molecule has 0 bridgehead atoms. The summed E-state index contributed by atoms with van der Waals surface area (Å²) in [5.74, 6) is 0.404. The van der Waals surface area contributed by atoms with Gasteiger partial charge in [-0.05, 0) is 50.1 Å². The van der Waals surface area contributed by atoms with Gasteiger partial charge >= 0.3 is 0 Å². The summed E-state index contributed by atoms with van der Waals surface area (Å²) in [5, 5.41) is 21.7. The van der Waals surface area contributed by atoms with Crippen LogP contribution in [0, 0.1) is 37.9 Å². The molecular formula is C25H23FN6OS. The zero-order valence-electron chi connectivity index (χ0n) is 19.3. The minimum atomic E-state index is -0.402. The first-order valence-corrected chi connectivity index (χ1v) is 11.6. The van der Waals surface area contributed by atoms with Gasteiger partial charge in [-0.15, -0.1) is 10.2 Å². The second-order valence-corrected chi connectivity index (χ2v) is 8.82. The van der Waals surface area contributed by atoms with Crippen molar-refractivity contribution in [2.45, 2.75) is 25.9 Å². The van der Waals surface area contributed by atoms with Gasteiger partial charge in [-0.25, -0.2) is 4.39 Å². The number of aryl methyl sites for hydroxylation is 1. The van der Waals surface area contributed by atoms with Crippen LogP contribution < -0.4 is 5.32 Å². The summed E-state index contributed by atoms with van der Waals surface area (Å²) in [5.41, 5.74) is 4.42. The molecular weight excluding hydrogens is 451 g/mol. The largest absolute Gasteiger partial charge is 0.310 e. The minimum Gasteiger partial charge on any atom is -0.310 e. The van der Waals surface area contributed by atoms with E-state index in [1.54, 1.807) is 23.6 Å². The number of thioether (sulfide) groups is 1. The van der Waals surface area contributed by atoms with Crippen LogP contribution in [-0.2, 0) is 11.8 Å². The number of amides is 1. The molecule has 0 saturated carbocycles. The Morgan fingerprint density at radius 3 is 2.62 bits per heavy atom. The predicted molar refractivity (Wildman–Crippen MR) is 130 cm³/mol. The fourth-order valence-electron chi connectivity index (χ4n) is 3.80. The summed E-state index contributed by atoms with van der Waals surface area (Å²) in [6, 6.07) is 16.1. The minimum absolute atomic E-state index is 0.0665. The zero-order valence-corrected chi connectivity index (χ0v) is 20.1. The first-order chi connectivity index (χ1) is 16.3. The molecule has 4 rings (SSSR count). The summed E-state index contributed by atoms with van der Waals surface area (Å²) >= 11 is 1.25. The number of nitriles is 1. The van der Waals surface area contributed by atoms with Crippen LogP contribution in [0.3, 0.4) is 0 Å². The highest BCUT2D eigenvalue weighted by Gasteiger charge is 2.22. The Morgan fingerprint density at radius 2 is 1.91 bits per heavy atom. The van der Waals surface area contributed by atoms with Crippen molar-refractivity contribution in [3.63, 3.8) is 0 Å². The number of rotatable bonds is 6. The maximum Gasteiger partial charge on any atom is 0.236 e. The number of carbonyl (C=O) groups is 1. The van der Waals surface area contributed by atoms with Crippen LogP contribution in [0.2, 0.25) is 0 Å². The molecule has 2 aromatic carbocycles. The summed E-state index contributed by atoms with van der Waals surface area (Å²) < 4.78 is 17.4. The van der Waals surface area contributed by atoms with Gasteiger partial charge in [0.1, 0.15) is 17.7 Å². The van der Waals surface area contributed by atoms with E-state index in [0.29, 0.717) is 22.2 Å². The maximum atomic E-state index is 13.9. The topological polar surface area (TPSA) is 88.5 Å². The average Bonchev–Trinajstić information content (AvgIpc) is 3.29. The van der Waals surface area contributed by atoms with Crippen molar-refractivity contribution >= 4 is 23.5 Å². The number of halogens is 1. The number of benzene rings is 2. The lowest BCUT2D eigenvalue weighted by Gasteiger charge is -2.13. The van der Waals surface area contributed by atoms with Crippen molar-refractivity contribution in [2.75, 3.05) is 11.1 Å². The third-order valence-corrected chi connectivity index (χ3v) is 6.72. The van der Waals surface area contributed by atoms with Gasteiger partial charge < -0.3 is 9.88 Å². The van der Waals surface area contributed by atoms with E-state index in [9.17, 15) is 14.4 Å². The molecule has 0 unspecified atom stereocenters. The molecule has 0 aliphatic carbocycles. The van der Waals surface area contributed by atoms with Gasteiger partial charge in [0.15, 0.2) is 11.0 Å². The molecule has 1 N–H and O–H groups in total. The average molecular weight is 475 g/mol. The van der Waals surface area contributed by atoms with Crippen LogP contribution in [0.5, 0.6) is 0 Å². The lowest BCUT2D eigenvalue weighted by atomic mass is 10.1. The van der Waals surface area contributed by atoms with Gasteiger partial charge in [-0.3, -0.25) is 9.36 Å². The van der Waals surface area contributed by atoms with E-state index in [4.69, 9.17) is 0 Å². The van der Waals surface area contributed by atoms with Gasteiger partial charge in [0.05, 0.1) is 17.0 Å². The van der Waals surface area contributed by atoms with Crippen molar-refractivity contribution in [1.29, 1.82) is 5.26 Å². The zero-order chi connectivity index (χ0) is 24.4. The van der Waals surface area contributed by atoms with Gasteiger partial charge in [0.2, 0.25) is 5.91 Å². The molecule has 0 fully saturated rings. The van der Waals surface area contributed by atoms with Crippen molar-refractivity contribution in [2.24, 2.45) is 7.05 Å². The first kappa shape index (κ1) is 23.3. The van der Waals surface area contributed by atoms with Crippen molar-refractivity contribution in [3.8, 4) is 23.1 Å². The smallest absolute Gasteiger partial charge is 0.236 e. The highest BCUT2D eigenvalue weighted by Crippen LogP contribution is 2.31. The Bertz CT molecular complexity index is 1430. The van der Waals surface area contributed by atoms with Crippen LogP contribution in [-0.4, -0.2) is 31.0 Å². The van der Waals surface area contributed by atoms with E-state index < -0.39 is 5.82 Å². The molecule has 7 nitrogen and oxygen atoms in total. The summed E-state index contributed by atoms with van der Waals surface area (Å²) in [6.07, 6.45) is 0. The number of aromatic nitrogens is 4. The Hall–Kier alpha value is -3.90.